The standard InChI is InChI=1S/C23H21NO3/c1-12(2)27-20-9-16-17(10-19(20)25)23(3,4)18-8-14-7-13(11-24)5-6-15(14)21(18)22(16)26/h5-7,9-10,12,25H,8H2,1-4H3. The molecule has 0 aromatic heterocycles. The SMILES string of the molecule is CC(C)Oc1cc2c(cc1O)C(C)(C)C1=C(C2=O)c2ccc(C#N)cc2C1. The van der Waals surface area contributed by atoms with Crippen molar-refractivity contribution < 1.29 is 14.6 Å². The molecule has 0 spiro atoms. The van der Waals surface area contributed by atoms with E-state index in [9.17, 15) is 15.2 Å². The molecular weight excluding hydrogens is 338 g/mol. The van der Waals surface area contributed by atoms with Gasteiger partial charge in [0, 0.05) is 16.6 Å². The summed E-state index contributed by atoms with van der Waals surface area (Å²) in [5.74, 6) is 0.334. The first-order chi connectivity index (χ1) is 12.7. The Morgan fingerprint density at radius 2 is 1.93 bits per heavy atom. The van der Waals surface area contributed by atoms with Crippen molar-refractivity contribution in [1.82, 2.24) is 0 Å². The lowest BCUT2D eigenvalue weighted by atomic mass is 9.68. The predicted octanol–water partition coefficient (Wildman–Crippen LogP) is 4.53. The predicted molar refractivity (Wildman–Crippen MR) is 103 cm³/mol. The number of Topliss-reactive ketones (excluding diaryl/α,β-unsaturated/α-hetero) is 1. The number of phenols is 1. The van der Waals surface area contributed by atoms with Gasteiger partial charge in [-0.05, 0) is 66.8 Å². The van der Waals surface area contributed by atoms with Gasteiger partial charge in [-0.25, -0.2) is 0 Å². The Morgan fingerprint density at radius 3 is 2.59 bits per heavy atom. The summed E-state index contributed by atoms with van der Waals surface area (Å²) in [5, 5.41) is 19.6. The molecule has 2 aromatic carbocycles. The number of ketones is 1. The molecule has 0 heterocycles. The molecule has 2 aliphatic rings. The van der Waals surface area contributed by atoms with Gasteiger partial charge in [-0.15, -0.1) is 0 Å². The van der Waals surface area contributed by atoms with Crippen LogP contribution < -0.4 is 4.74 Å². The van der Waals surface area contributed by atoms with Crippen molar-refractivity contribution >= 4 is 11.4 Å². The number of nitriles is 1. The fraction of sp³-hybridized carbons (Fsp3) is 0.304. The lowest BCUT2D eigenvalue weighted by Crippen LogP contribution is -2.29. The zero-order chi connectivity index (χ0) is 19.5. The Labute approximate surface area is 158 Å². The second-order valence-corrected chi connectivity index (χ2v) is 8.00. The van der Waals surface area contributed by atoms with E-state index in [2.05, 4.69) is 19.9 Å². The summed E-state index contributed by atoms with van der Waals surface area (Å²) >= 11 is 0. The molecule has 4 nitrogen and oxygen atoms in total. The minimum Gasteiger partial charge on any atom is -0.504 e. The Balaban J connectivity index is 1.90. The fourth-order valence-corrected chi connectivity index (χ4v) is 4.21. The maximum atomic E-state index is 13.4. The summed E-state index contributed by atoms with van der Waals surface area (Å²) in [4.78, 5) is 13.4. The molecule has 2 aliphatic carbocycles. The molecule has 0 aliphatic heterocycles. The highest BCUT2D eigenvalue weighted by molar-refractivity contribution is 6.33. The second-order valence-electron chi connectivity index (χ2n) is 8.00. The summed E-state index contributed by atoms with van der Waals surface area (Å²) in [6, 6.07) is 11.0. The lowest BCUT2D eigenvalue weighted by molar-refractivity contribution is 0.105. The van der Waals surface area contributed by atoms with Crippen LogP contribution in [0.1, 0.15) is 60.3 Å². The molecule has 0 bridgehead atoms. The number of allylic oxidation sites excluding steroid dienone is 2. The van der Waals surface area contributed by atoms with E-state index < -0.39 is 5.41 Å². The number of hydrogen-bond acceptors (Lipinski definition) is 4. The number of benzene rings is 2. The quantitative estimate of drug-likeness (QED) is 0.855. The van der Waals surface area contributed by atoms with Gasteiger partial charge in [-0.2, -0.15) is 5.26 Å². The molecule has 0 atom stereocenters. The van der Waals surface area contributed by atoms with Crippen molar-refractivity contribution in [3.63, 3.8) is 0 Å². The van der Waals surface area contributed by atoms with E-state index in [1.807, 2.05) is 26.0 Å². The minimum absolute atomic E-state index is 0.0450. The number of carbonyl (C=O) groups is 1. The average molecular weight is 359 g/mol. The van der Waals surface area contributed by atoms with Crippen LogP contribution in [-0.2, 0) is 11.8 Å². The van der Waals surface area contributed by atoms with E-state index in [0.717, 1.165) is 27.8 Å². The molecule has 0 unspecified atom stereocenters. The molecule has 1 N–H and O–H groups in total. The van der Waals surface area contributed by atoms with Crippen LogP contribution >= 0.6 is 0 Å². The van der Waals surface area contributed by atoms with Crippen molar-refractivity contribution in [3.8, 4) is 17.6 Å². The molecule has 0 amide bonds. The number of ether oxygens (including phenoxy) is 1. The zero-order valence-electron chi connectivity index (χ0n) is 15.9. The molecule has 0 fully saturated rings. The number of rotatable bonds is 2. The summed E-state index contributed by atoms with van der Waals surface area (Å²) < 4.78 is 5.68. The van der Waals surface area contributed by atoms with Gasteiger partial charge >= 0.3 is 0 Å². The number of carbonyl (C=O) groups excluding carboxylic acids is 1. The van der Waals surface area contributed by atoms with Gasteiger partial charge in [-0.1, -0.05) is 19.9 Å². The Kier molecular flexibility index (Phi) is 3.68. The first-order valence-corrected chi connectivity index (χ1v) is 9.10. The highest BCUT2D eigenvalue weighted by Crippen LogP contribution is 2.51. The van der Waals surface area contributed by atoms with E-state index in [1.165, 1.54) is 0 Å². The normalized spacial score (nSPS) is 16.7. The van der Waals surface area contributed by atoms with Gasteiger partial charge in [0.2, 0.25) is 0 Å². The van der Waals surface area contributed by atoms with Crippen LogP contribution in [0.15, 0.2) is 35.9 Å². The van der Waals surface area contributed by atoms with Gasteiger partial charge < -0.3 is 9.84 Å². The van der Waals surface area contributed by atoms with Crippen LogP contribution in [0, 0.1) is 11.3 Å². The van der Waals surface area contributed by atoms with Gasteiger partial charge in [-0.3, -0.25) is 4.79 Å². The molecule has 4 rings (SSSR count). The largest absolute Gasteiger partial charge is 0.504 e. The van der Waals surface area contributed by atoms with E-state index in [-0.39, 0.29) is 17.6 Å². The fourth-order valence-electron chi connectivity index (χ4n) is 4.21. The van der Waals surface area contributed by atoms with E-state index >= 15 is 0 Å². The minimum atomic E-state index is -0.405. The number of nitrogens with zero attached hydrogens (tertiary/aromatic N) is 1. The van der Waals surface area contributed by atoms with Crippen molar-refractivity contribution in [1.29, 1.82) is 5.26 Å². The average Bonchev–Trinajstić information content (AvgIpc) is 3.00. The number of aromatic hydroxyl groups is 1. The molecule has 0 saturated heterocycles. The summed E-state index contributed by atoms with van der Waals surface area (Å²) in [5.41, 5.74) is 5.27. The third-order valence-corrected chi connectivity index (χ3v) is 5.53. The van der Waals surface area contributed by atoms with Crippen LogP contribution in [0.5, 0.6) is 11.5 Å². The van der Waals surface area contributed by atoms with Crippen molar-refractivity contribution in [2.45, 2.75) is 45.6 Å². The summed E-state index contributed by atoms with van der Waals surface area (Å²) in [6.45, 7) is 7.91. The van der Waals surface area contributed by atoms with Crippen molar-refractivity contribution in [2.24, 2.45) is 0 Å². The van der Waals surface area contributed by atoms with Gasteiger partial charge in [0.1, 0.15) is 0 Å². The monoisotopic (exact) mass is 359 g/mol. The summed E-state index contributed by atoms with van der Waals surface area (Å²) in [7, 11) is 0. The van der Waals surface area contributed by atoms with E-state index in [0.29, 0.717) is 23.3 Å². The molecule has 0 saturated carbocycles. The first kappa shape index (κ1) is 17.4. The van der Waals surface area contributed by atoms with E-state index in [4.69, 9.17) is 4.74 Å². The van der Waals surface area contributed by atoms with Crippen LogP contribution in [0.4, 0.5) is 0 Å². The van der Waals surface area contributed by atoms with Crippen LogP contribution in [-0.4, -0.2) is 17.0 Å². The van der Waals surface area contributed by atoms with Crippen LogP contribution in [0.2, 0.25) is 0 Å². The topological polar surface area (TPSA) is 70.3 Å². The van der Waals surface area contributed by atoms with Gasteiger partial charge in [0.25, 0.3) is 0 Å². The maximum absolute atomic E-state index is 13.4. The molecule has 136 valence electrons. The molecular formula is C23H21NO3. The van der Waals surface area contributed by atoms with Crippen molar-refractivity contribution in [2.75, 3.05) is 0 Å². The van der Waals surface area contributed by atoms with Gasteiger partial charge in [0.05, 0.1) is 17.7 Å². The highest BCUT2D eigenvalue weighted by atomic mass is 16.5. The Bertz CT molecular complexity index is 1070. The van der Waals surface area contributed by atoms with E-state index in [1.54, 1.807) is 18.2 Å². The van der Waals surface area contributed by atoms with Gasteiger partial charge in [0.15, 0.2) is 17.3 Å². The molecule has 2 aromatic rings. The number of hydrogen-bond donors (Lipinski definition) is 1. The number of phenolic OH excluding ortho intramolecular Hbond substituents is 1. The molecule has 4 heteroatoms. The lowest BCUT2D eigenvalue weighted by Gasteiger charge is -2.34. The Hall–Kier alpha value is -3.06. The van der Waals surface area contributed by atoms with Crippen LogP contribution in [0.3, 0.4) is 0 Å². The van der Waals surface area contributed by atoms with Crippen molar-refractivity contribution in [3.05, 3.63) is 63.7 Å². The first-order valence-electron chi connectivity index (χ1n) is 9.10. The summed E-state index contributed by atoms with van der Waals surface area (Å²) in [6.07, 6.45) is 0.538. The molecule has 27 heavy (non-hydrogen) atoms. The third-order valence-electron chi connectivity index (χ3n) is 5.53. The third kappa shape index (κ3) is 2.46. The van der Waals surface area contributed by atoms with Crippen LogP contribution in [0.25, 0.3) is 5.57 Å². The number of fused-ring (bicyclic) bond motifs is 3. The maximum Gasteiger partial charge on any atom is 0.194 e. The zero-order valence-corrected chi connectivity index (χ0v) is 15.9. The molecule has 0 radical (unpaired) electrons. The smallest absolute Gasteiger partial charge is 0.194 e. The second kappa shape index (κ2) is 5.72. The highest BCUT2D eigenvalue weighted by Gasteiger charge is 2.43. The Morgan fingerprint density at radius 1 is 1.19 bits per heavy atom.